The molecule has 5 aromatic rings. The van der Waals surface area contributed by atoms with Crippen molar-refractivity contribution in [3.63, 3.8) is 0 Å². The van der Waals surface area contributed by atoms with Crippen LogP contribution in [0.4, 0.5) is 0 Å². The molecule has 0 fully saturated rings. The molecule has 0 saturated carbocycles. The summed E-state index contributed by atoms with van der Waals surface area (Å²) in [6.45, 7) is 13.8. The minimum absolute atomic E-state index is 0.0307. The number of rotatable bonds is 8. The normalized spacial score (nSPS) is 12.3. The average Bonchev–Trinajstić information content (AvgIpc) is 3.20. The number of fused-ring (bicyclic) bond motifs is 1. The number of nitrogens with one attached hydrogen (secondary N) is 1. The van der Waals surface area contributed by atoms with Gasteiger partial charge in [-0.2, -0.15) is 0 Å². The summed E-state index contributed by atoms with van der Waals surface area (Å²) in [5.41, 5.74) is 10.5. The highest BCUT2D eigenvalue weighted by atomic mass is 16.1. The van der Waals surface area contributed by atoms with Crippen LogP contribution in [0.3, 0.4) is 0 Å². The summed E-state index contributed by atoms with van der Waals surface area (Å²) in [4.78, 5) is 13.5. The number of carbonyl (C=O) groups excluding carboxylic acids is 1. The Morgan fingerprint density at radius 2 is 1.43 bits per heavy atom. The summed E-state index contributed by atoms with van der Waals surface area (Å²) in [7, 11) is 0. The van der Waals surface area contributed by atoms with Crippen LogP contribution in [0.5, 0.6) is 0 Å². The molecule has 0 saturated heterocycles. The second kappa shape index (κ2) is 11.6. The molecule has 0 spiro atoms. The van der Waals surface area contributed by atoms with Gasteiger partial charge in [0.05, 0.1) is 6.04 Å². The van der Waals surface area contributed by atoms with E-state index in [9.17, 15) is 4.79 Å². The van der Waals surface area contributed by atoms with Crippen molar-refractivity contribution in [1.29, 1.82) is 0 Å². The minimum Gasteiger partial charge on any atom is -0.345 e. The highest BCUT2D eigenvalue weighted by molar-refractivity contribution is 5.99. The highest BCUT2D eigenvalue weighted by Crippen LogP contribution is 2.29. The van der Waals surface area contributed by atoms with E-state index in [1.807, 2.05) is 12.1 Å². The van der Waals surface area contributed by atoms with Gasteiger partial charge in [-0.3, -0.25) is 4.79 Å². The van der Waals surface area contributed by atoms with E-state index in [1.165, 1.54) is 33.5 Å². The molecule has 1 atom stereocenters. The van der Waals surface area contributed by atoms with Crippen LogP contribution in [0.2, 0.25) is 0 Å². The lowest BCUT2D eigenvalue weighted by atomic mass is 9.92. The fourth-order valence-electron chi connectivity index (χ4n) is 5.58. The molecule has 3 nitrogen and oxygen atoms in total. The van der Waals surface area contributed by atoms with E-state index in [2.05, 4.69) is 136 Å². The topological polar surface area (TPSA) is 34.0 Å². The lowest BCUT2D eigenvalue weighted by Gasteiger charge is -2.24. The van der Waals surface area contributed by atoms with Gasteiger partial charge >= 0.3 is 0 Å². The van der Waals surface area contributed by atoms with Crippen LogP contribution in [0.25, 0.3) is 22.0 Å². The van der Waals surface area contributed by atoms with Crippen molar-refractivity contribution in [2.45, 2.75) is 60.0 Å². The summed E-state index contributed by atoms with van der Waals surface area (Å²) < 4.78 is 2.36. The highest BCUT2D eigenvalue weighted by Gasteiger charge is 2.21. The van der Waals surface area contributed by atoms with E-state index in [1.54, 1.807) is 0 Å². The number of aromatic nitrogens is 1. The molecule has 40 heavy (non-hydrogen) atoms. The first-order chi connectivity index (χ1) is 19.2. The van der Waals surface area contributed by atoms with Crippen LogP contribution >= 0.6 is 0 Å². The summed E-state index contributed by atoms with van der Waals surface area (Å²) in [6, 6.07) is 34.0. The SMILES string of the molecule is Cc1c(C)n(Cc2ccc(-c3ccccc3)cc2)c2ccc(C(=O)N[C@H](c3cccc(C(C)C)c3)C(C)C)cc12. The molecular weight excluding hydrogens is 488 g/mol. The zero-order valence-electron chi connectivity index (χ0n) is 24.5. The van der Waals surface area contributed by atoms with Crippen molar-refractivity contribution in [2.75, 3.05) is 0 Å². The number of nitrogens with zero attached hydrogens (tertiary/aromatic N) is 1. The Labute approximate surface area is 238 Å². The number of benzene rings is 4. The van der Waals surface area contributed by atoms with Crippen LogP contribution in [-0.4, -0.2) is 10.5 Å². The first-order valence-electron chi connectivity index (χ1n) is 14.4. The Morgan fingerprint density at radius 3 is 2.10 bits per heavy atom. The average molecular weight is 529 g/mol. The third kappa shape index (κ3) is 5.60. The van der Waals surface area contributed by atoms with E-state index in [4.69, 9.17) is 0 Å². The van der Waals surface area contributed by atoms with Crippen LogP contribution < -0.4 is 5.32 Å². The van der Waals surface area contributed by atoms with Gasteiger partial charge < -0.3 is 9.88 Å². The summed E-state index contributed by atoms with van der Waals surface area (Å²) in [5, 5.41) is 4.47. The van der Waals surface area contributed by atoms with Gasteiger partial charge in [-0.1, -0.05) is 107 Å². The summed E-state index contributed by atoms with van der Waals surface area (Å²) in [5.74, 6) is 0.688. The molecule has 5 rings (SSSR count). The van der Waals surface area contributed by atoms with E-state index < -0.39 is 0 Å². The van der Waals surface area contributed by atoms with Gasteiger partial charge in [-0.25, -0.2) is 0 Å². The standard InChI is InChI=1S/C37H40N2O/c1-24(2)31-13-10-14-32(21-31)36(25(3)4)38-37(40)33-19-20-35-34(22-33)26(5)27(6)39(35)23-28-15-17-30(18-16-28)29-11-8-7-9-12-29/h7-22,24-25,36H,23H2,1-6H3,(H,38,40)/t36-/m0/s1. The maximum absolute atomic E-state index is 13.5. The second-order valence-corrected chi connectivity index (χ2v) is 11.6. The molecule has 0 bridgehead atoms. The molecular formula is C37H40N2O. The lowest BCUT2D eigenvalue weighted by Crippen LogP contribution is -2.31. The minimum atomic E-state index is -0.0480. The third-order valence-electron chi connectivity index (χ3n) is 8.19. The molecule has 0 aliphatic rings. The maximum Gasteiger partial charge on any atom is 0.251 e. The number of carbonyl (C=O) groups is 1. The molecule has 0 aliphatic carbocycles. The molecule has 3 heteroatoms. The Bertz CT molecular complexity index is 1620. The Balaban J connectivity index is 1.39. The van der Waals surface area contributed by atoms with Crippen molar-refractivity contribution < 1.29 is 4.79 Å². The van der Waals surface area contributed by atoms with Gasteiger partial charge in [-0.05, 0) is 77.3 Å². The largest absolute Gasteiger partial charge is 0.345 e. The zero-order valence-corrected chi connectivity index (χ0v) is 24.5. The van der Waals surface area contributed by atoms with Crippen molar-refractivity contribution in [2.24, 2.45) is 5.92 Å². The predicted octanol–water partition coefficient (Wildman–Crippen LogP) is 9.22. The van der Waals surface area contributed by atoms with Crippen LogP contribution in [0.1, 0.15) is 78.0 Å². The van der Waals surface area contributed by atoms with Crippen molar-refractivity contribution in [3.8, 4) is 11.1 Å². The zero-order chi connectivity index (χ0) is 28.4. The summed E-state index contributed by atoms with van der Waals surface area (Å²) >= 11 is 0. The fourth-order valence-corrected chi connectivity index (χ4v) is 5.58. The number of amides is 1. The van der Waals surface area contributed by atoms with E-state index in [-0.39, 0.29) is 17.9 Å². The molecule has 1 heterocycles. The molecule has 4 aromatic carbocycles. The fraction of sp³-hybridized carbons (Fsp3) is 0.270. The lowest BCUT2D eigenvalue weighted by molar-refractivity contribution is 0.0925. The molecule has 1 aromatic heterocycles. The number of aryl methyl sites for hydroxylation is 1. The van der Waals surface area contributed by atoms with Crippen LogP contribution in [0.15, 0.2) is 97.1 Å². The molecule has 0 aliphatic heterocycles. The molecule has 204 valence electrons. The quantitative estimate of drug-likeness (QED) is 0.214. The van der Waals surface area contributed by atoms with Gasteiger partial charge in [0.25, 0.3) is 5.91 Å². The molecule has 0 unspecified atom stereocenters. The van der Waals surface area contributed by atoms with Crippen molar-refractivity contribution >= 4 is 16.8 Å². The first-order valence-corrected chi connectivity index (χ1v) is 14.4. The van der Waals surface area contributed by atoms with E-state index in [0.717, 1.165) is 23.0 Å². The van der Waals surface area contributed by atoms with Gasteiger partial charge in [0.2, 0.25) is 0 Å². The van der Waals surface area contributed by atoms with Crippen LogP contribution in [0, 0.1) is 19.8 Å². The van der Waals surface area contributed by atoms with Crippen molar-refractivity contribution in [3.05, 3.63) is 131 Å². The molecule has 1 amide bonds. The van der Waals surface area contributed by atoms with Gasteiger partial charge in [-0.15, -0.1) is 0 Å². The third-order valence-corrected chi connectivity index (χ3v) is 8.19. The van der Waals surface area contributed by atoms with Gasteiger partial charge in [0.1, 0.15) is 0 Å². The summed E-state index contributed by atoms with van der Waals surface area (Å²) in [6.07, 6.45) is 0. The van der Waals surface area contributed by atoms with Crippen molar-refractivity contribution in [1.82, 2.24) is 9.88 Å². The smallest absolute Gasteiger partial charge is 0.251 e. The first kappa shape index (κ1) is 27.5. The number of hydrogen-bond donors (Lipinski definition) is 1. The second-order valence-electron chi connectivity index (χ2n) is 11.6. The predicted molar refractivity (Wildman–Crippen MR) is 168 cm³/mol. The van der Waals surface area contributed by atoms with Crippen LogP contribution in [-0.2, 0) is 6.54 Å². The monoisotopic (exact) mass is 528 g/mol. The molecule has 0 radical (unpaired) electrons. The van der Waals surface area contributed by atoms with Gasteiger partial charge in [0.15, 0.2) is 0 Å². The van der Waals surface area contributed by atoms with Gasteiger partial charge in [0, 0.05) is 28.7 Å². The Kier molecular flexibility index (Phi) is 7.93. The van der Waals surface area contributed by atoms with E-state index in [0.29, 0.717) is 11.5 Å². The Hall–Kier alpha value is -4.11. The maximum atomic E-state index is 13.5. The van der Waals surface area contributed by atoms with E-state index >= 15 is 0 Å². The molecule has 1 N–H and O–H groups in total. The number of hydrogen-bond acceptors (Lipinski definition) is 1. The Morgan fingerprint density at radius 1 is 0.750 bits per heavy atom.